The highest BCUT2D eigenvalue weighted by molar-refractivity contribution is 6.11. The Labute approximate surface area is 208 Å². The van der Waals surface area contributed by atoms with Crippen molar-refractivity contribution in [3.8, 4) is 0 Å². The maximum absolute atomic E-state index is 14.3. The largest absolute Gasteiger partial charge is 0.289 e. The van der Waals surface area contributed by atoms with E-state index < -0.39 is 0 Å². The summed E-state index contributed by atoms with van der Waals surface area (Å²) >= 11 is 0. The number of rotatable bonds is 4. The second kappa shape index (κ2) is 8.07. The van der Waals surface area contributed by atoms with Gasteiger partial charge < -0.3 is 0 Å². The summed E-state index contributed by atoms with van der Waals surface area (Å²) in [6.45, 7) is 23.2. The van der Waals surface area contributed by atoms with E-state index in [-0.39, 0.29) is 27.4 Å². The van der Waals surface area contributed by atoms with Crippen molar-refractivity contribution < 1.29 is 4.79 Å². The average molecular weight is 459 g/mol. The van der Waals surface area contributed by atoms with Gasteiger partial charge in [-0.1, -0.05) is 81.4 Å². The molecule has 2 aromatic carbocycles. The van der Waals surface area contributed by atoms with E-state index in [2.05, 4.69) is 93.5 Å². The first-order valence-electron chi connectivity index (χ1n) is 13.5. The summed E-state index contributed by atoms with van der Waals surface area (Å²) in [5.74, 6) is 0.220. The molecule has 0 bridgehead atoms. The van der Waals surface area contributed by atoms with Crippen molar-refractivity contribution in [3.05, 3.63) is 68.8 Å². The third kappa shape index (κ3) is 3.98. The number of ketones is 1. The molecule has 0 radical (unpaired) electrons. The number of carbonyl (C=O) groups excluding carboxylic acids is 1. The quantitative estimate of drug-likeness (QED) is 0.419. The van der Waals surface area contributed by atoms with Crippen molar-refractivity contribution in [2.24, 2.45) is 0 Å². The molecule has 0 unspecified atom stereocenters. The minimum absolute atomic E-state index is 0.0988. The van der Waals surface area contributed by atoms with Crippen LogP contribution < -0.4 is 0 Å². The monoisotopic (exact) mass is 458 g/mol. The SMILES string of the molecule is CCc1cc2c(cc1C(=O)c1cc3c(cc1CC)C(C)(C)CCC3(C)C)C(C)(C)CCC2(C)C. The molecular weight excluding hydrogens is 412 g/mol. The molecular formula is C33H46O. The van der Waals surface area contributed by atoms with Gasteiger partial charge in [0.15, 0.2) is 5.78 Å². The summed E-state index contributed by atoms with van der Waals surface area (Å²) in [5.41, 5.74) is 10.4. The van der Waals surface area contributed by atoms with Crippen molar-refractivity contribution >= 4 is 5.78 Å². The molecule has 0 heterocycles. The van der Waals surface area contributed by atoms with E-state index in [9.17, 15) is 4.79 Å². The minimum Gasteiger partial charge on any atom is -0.289 e. The van der Waals surface area contributed by atoms with Crippen molar-refractivity contribution in [2.45, 2.75) is 129 Å². The Bertz CT molecular complexity index is 1050. The Morgan fingerprint density at radius 3 is 1.09 bits per heavy atom. The molecule has 4 rings (SSSR count). The number of fused-ring (bicyclic) bond motifs is 2. The number of aryl methyl sites for hydroxylation is 2. The lowest BCUT2D eigenvalue weighted by atomic mass is 9.61. The van der Waals surface area contributed by atoms with Gasteiger partial charge in [-0.25, -0.2) is 0 Å². The van der Waals surface area contributed by atoms with Crippen LogP contribution in [0.15, 0.2) is 24.3 Å². The second-order valence-corrected chi connectivity index (χ2v) is 13.7. The lowest BCUT2D eigenvalue weighted by Gasteiger charge is -2.43. The van der Waals surface area contributed by atoms with Crippen LogP contribution >= 0.6 is 0 Å². The predicted molar refractivity (Wildman–Crippen MR) is 146 cm³/mol. The van der Waals surface area contributed by atoms with Crippen LogP contribution in [0, 0.1) is 0 Å². The first kappa shape index (κ1) is 25.2. The zero-order chi connectivity index (χ0) is 25.3. The van der Waals surface area contributed by atoms with Gasteiger partial charge in [0.1, 0.15) is 0 Å². The highest BCUT2D eigenvalue weighted by Gasteiger charge is 2.40. The van der Waals surface area contributed by atoms with Gasteiger partial charge in [-0.3, -0.25) is 4.79 Å². The summed E-state index contributed by atoms with van der Waals surface area (Å²) in [6, 6.07) is 9.32. The van der Waals surface area contributed by atoms with Crippen LogP contribution in [0.2, 0.25) is 0 Å². The van der Waals surface area contributed by atoms with Crippen molar-refractivity contribution in [3.63, 3.8) is 0 Å². The number of hydrogen-bond acceptors (Lipinski definition) is 1. The van der Waals surface area contributed by atoms with Crippen LogP contribution in [-0.2, 0) is 34.5 Å². The Balaban J connectivity index is 1.94. The smallest absolute Gasteiger partial charge is 0.193 e. The third-order valence-corrected chi connectivity index (χ3v) is 9.40. The van der Waals surface area contributed by atoms with Gasteiger partial charge in [0.2, 0.25) is 0 Å². The van der Waals surface area contributed by atoms with Crippen LogP contribution in [0.4, 0.5) is 0 Å². The van der Waals surface area contributed by atoms with Gasteiger partial charge in [-0.05, 0) is 106 Å². The van der Waals surface area contributed by atoms with E-state index in [1.807, 2.05) is 0 Å². The fourth-order valence-electron chi connectivity index (χ4n) is 6.47. The minimum atomic E-state index is 0.0988. The fourth-order valence-corrected chi connectivity index (χ4v) is 6.47. The first-order valence-corrected chi connectivity index (χ1v) is 13.5. The first-order chi connectivity index (χ1) is 15.6. The Kier molecular flexibility index (Phi) is 5.99. The molecule has 2 aliphatic carbocycles. The molecule has 1 nitrogen and oxygen atoms in total. The van der Waals surface area contributed by atoms with Gasteiger partial charge in [-0.2, -0.15) is 0 Å². The zero-order valence-electron chi connectivity index (χ0n) is 23.5. The number of hydrogen-bond donors (Lipinski definition) is 0. The molecule has 0 saturated heterocycles. The van der Waals surface area contributed by atoms with E-state index in [0.29, 0.717) is 0 Å². The van der Waals surface area contributed by atoms with Gasteiger partial charge in [0.25, 0.3) is 0 Å². The van der Waals surface area contributed by atoms with Crippen LogP contribution in [0.25, 0.3) is 0 Å². The van der Waals surface area contributed by atoms with Gasteiger partial charge in [0, 0.05) is 11.1 Å². The standard InChI is InChI=1S/C33H46O/c1-11-21-17-25-27(32(7,8)15-13-30(25,3)4)19-23(21)29(34)24-20-28-26(18-22(24)12-2)31(5,6)14-16-33(28,9)10/h17-20H,11-16H2,1-10H3. The topological polar surface area (TPSA) is 17.1 Å². The summed E-state index contributed by atoms with van der Waals surface area (Å²) in [6.07, 6.45) is 6.48. The number of carbonyl (C=O) groups is 1. The average Bonchev–Trinajstić information content (AvgIpc) is 2.78. The molecule has 1 heteroatoms. The molecule has 2 aliphatic rings. The summed E-state index contributed by atoms with van der Waals surface area (Å²) in [4.78, 5) is 14.3. The van der Waals surface area contributed by atoms with Gasteiger partial charge in [0.05, 0.1) is 0 Å². The normalized spacial score (nSPS) is 21.5. The summed E-state index contributed by atoms with van der Waals surface area (Å²) in [7, 11) is 0. The molecule has 34 heavy (non-hydrogen) atoms. The highest BCUT2D eigenvalue weighted by Crippen LogP contribution is 2.48. The van der Waals surface area contributed by atoms with E-state index in [1.165, 1.54) is 46.2 Å². The molecule has 2 aromatic rings. The third-order valence-electron chi connectivity index (χ3n) is 9.40. The molecule has 0 fully saturated rings. The molecule has 0 aromatic heterocycles. The van der Waals surface area contributed by atoms with Gasteiger partial charge >= 0.3 is 0 Å². The lowest BCUT2D eigenvalue weighted by molar-refractivity contribution is 0.103. The van der Waals surface area contributed by atoms with Crippen LogP contribution in [0.1, 0.15) is 144 Å². The van der Waals surface area contributed by atoms with Crippen LogP contribution in [-0.4, -0.2) is 5.78 Å². The summed E-state index contributed by atoms with van der Waals surface area (Å²) < 4.78 is 0. The van der Waals surface area contributed by atoms with E-state index in [0.717, 1.165) is 36.8 Å². The second-order valence-electron chi connectivity index (χ2n) is 13.7. The Hall–Kier alpha value is -1.89. The maximum atomic E-state index is 14.3. The molecule has 184 valence electrons. The summed E-state index contributed by atoms with van der Waals surface area (Å²) in [5, 5.41) is 0. The lowest BCUT2D eigenvalue weighted by Crippen LogP contribution is -2.35. The van der Waals surface area contributed by atoms with Crippen molar-refractivity contribution in [1.29, 1.82) is 0 Å². The van der Waals surface area contributed by atoms with E-state index in [4.69, 9.17) is 0 Å². The number of benzene rings is 2. The van der Waals surface area contributed by atoms with Crippen LogP contribution in [0.5, 0.6) is 0 Å². The van der Waals surface area contributed by atoms with Crippen molar-refractivity contribution in [2.75, 3.05) is 0 Å². The molecule has 0 aliphatic heterocycles. The predicted octanol–water partition coefficient (Wildman–Crippen LogP) is 8.74. The van der Waals surface area contributed by atoms with Crippen LogP contribution in [0.3, 0.4) is 0 Å². The van der Waals surface area contributed by atoms with Gasteiger partial charge in [-0.15, -0.1) is 0 Å². The zero-order valence-corrected chi connectivity index (χ0v) is 23.5. The fraction of sp³-hybridized carbons (Fsp3) is 0.606. The maximum Gasteiger partial charge on any atom is 0.193 e. The van der Waals surface area contributed by atoms with E-state index in [1.54, 1.807) is 0 Å². The Morgan fingerprint density at radius 1 is 0.559 bits per heavy atom. The molecule has 0 N–H and O–H groups in total. The highest BCUT2D eigenvalue weighted by atomic mass is 16.1. The van der Waals surface area contributed by atoms with Crippen molar-refractivity contribution in [1.82, 2.24) is 0 Å². The molecule has 0 amide bonds. The molecule has 0 atom stereocenters. The van der Waals surface area contributed by atoms with E-state index >= 15 is 0 Å². The molecule has 0 spiro atoms. The Morgan fingerprint density at radius 2 is 0.824 bits per heavy atom. The molecule has 0 saturated carbocycles.